The highest BCUT2D eigenvalue weighted by molar-refractivity contribution is 6.07. The van der Waals surface area contributed by atoms with Crippen molar-refractivity contribution in [1.29, 1.82) is 0 Å². The summed E-state index contributed by atoms with van der Waals surface area (Å²) < 4.78 is 5.97. The number of primary amides is 1. The molecule has 0 fully saturated rings. The van der Waals surface area contributed by atoms with E-state index in [1.165, 1.54) is 5.56 Å². The number of fused-ring (bicyclic) bond motifs is 2. The van der Waals surface area contributed by atoms with E-state index in [9.17, 15) is 4.79 Å². The van der Waals surface area contributed by atoms with Crippen molar-refractivity contribution in [2.75, 3.05) is 18.9 Å². The van der Waals surface area contributed by atoms with Crippen molar-refractivity contribution >= 4 is 22.7 Å². The zero-order chi connectivity index (χ0) is 22.2. The van der Waals surface area contributed by atoms with E-state index in [4.69, 9.17) is 20.1 Å². The monoisotopic (exact) mass is 427 g/mol. The van der Waals surface area contributed by atoms with Crippen LogP contribution in [0.15, 0.2) is 52.9 Å². The maximum absolute atomic E-state index is 11.9. The number of anilines is 1. The van der Waals surface area contributed by atoms with Gasteiger partial charge in [0.15, 0.2) is 5.82 Å². The smallest absolute Gasteiger partial charge is 0.252 e. The van der Waals surface area contributed by atoms with Gasteiger partial charge in [-0.15, -0.1) is 0 Å². The minimum absolute atomic E-state index is 0.358. The SMILES string of the molecule is Cc1oc2c(C(N)=O)cccc2c1-c1nc2c(c(NCc3ccccc3)n1)CCN(C)C2. The topological polar surface area (TPSA) is 97.3 Å². The molecule has 1 aliphatic heterocycles. The highest BCUT2D eigenvalue weighted by Gasteiger charge is 2.24. The zero-order valence-electron chi connectivity index (χ0n) is 18.2. The first-order valence-electron chi connectivity index (χ1n) is 10.7. The summed E-state index contributed by atoms with van der Waals surface area (Å²) in [5.41, 5.74) is 10.5. The molecule has 0 unspecified atom stereocenters. The molecular formula is C25H25N5O2. The lowest BCUT2D eigenvalue weighted by molar-refractivity contribution is 0.100. The number of aromatic nitrogens is 2. The molecule has 1 amide bonds. The lowest BCUT2D eigenvalue weighted by Crippen LogP contribution is -2.29. The van der Waals surface area contributed by atoms with Crippen molar-refractivity contribution in [3.63, 3.8) is 0 Å². The third-order valence-electron chi connectivity index (χ3n) is 5.94. The van der Waals surface area contributed by atoms with Gasteiger partial charge in [0.1, 0.15) is 17.2 Å². The maximum Gasteiger partial charge on any atom is 0.252 e. The third-order valence-corrected chi connectivity index (χ3v) is 5.94. The molecule has 162 valence electrons. The number of nitrogens with two attached hydrogens (primary N) is 1. The number of rotatable bonds is 5. The van der Waals surface area contributed by atoms with E-state index in [2.05, 4.69) is 29.4 Å². The summed E-state index contributed by atoms with van der Waals surface area (Å²) in [6, 6.07) is 15.7. The van der Waals surface area contributed by atoms with Crippen LogP contribution in [0.25, 0.3) is 22.4 Å². The Morgan fingerprint density at radius 2 is 1.97 bits per heavy atom. The Labute approximate surface area is 186 Å². The number of likely N-dealkylation sites (N-methyl/N-ethyl adjacent to an activating group) is 1. The number of furan rings is 1. The van der Waals surface area contributed by atoms with Gasteiger partial charge >= 0.3 is 0 Å². The maximum atomic E-state index is 11.9. The van der Waals surface area contributed by atoms with E-state index in [-0.39, 0.29) is 0 Å². The molecule has 1 aliphatic rings. The summed E-state index contributed by atoms with van der Waals surface area (Å²) in [5, 5.41) is 4.32. The van der Waals surface area contributed by atoms with Gasteiger partial charge in [-0.1, -0.05) is 42.5 Å². The largest absolute Gasteiger partial charge is 0.460 e. The van der Waals surface area contributed by atoms with Crippen LogP contribution in [0.1, 0.15) is 32.9 Å². The molecule has 2 aromatic heterocycles. The summed E-state index contributed by atoms with van der Waals surface area (Å²) in [4.78, 5) is 24.0. The van der Waals surface area contributed by atoms with Crippen LogP contribution in [0.2, 0.25) is 0 Å². The van der Waals surface area contributed by atoms with Crippen molar-refractivity contribution < 1.29 is 9.21 Å². The van der Waals surface area contributed by atoms with Crippen LogP contribution in [0, 0.1) is 6.92 Å². The van der Waals surface area contributed by atoms with Gasteiger partial charge in [-0.05, 0) is 32.0 Å². The number of hydrogen-bond acceptors (Lipinski definition) is 6. The third kappa shape index (κ3) is 3.61. The fourth-order valence-electron chi connectivity index (χ4n) is 4.31. The van der Waals surface area contributed by atoms with E-state index < -0.39 is 5.91 Å². The Morgan fingerprint density at radius 3 is 2.75 bits per heavy atom. The Bertz CT molecular complexity index is 1310. The Balaban J connectivity index is 1.63. The number of para-hydroxylation sites is 1. The van der Waals surface area contributed by atoms with Crippen molar-refractivity contribution in [2.24, 2.45) is 5.73 Å². The fraction of sp³-hybridized carbons (Fsp3) is 0.240. The molecule has 0 saturated carbocycles. The predicted octanol–water partition coefficient (Wildman–Crippen LogP) is 3.90. The molecule has 2 aromatic carbocycles. The summed E-state index contributed by atoms with van der Waals surface area (Å²) in [5.74, 6) is 1.58. The number of aryl methyl sites for hydroxylation is 1. The average molecular weight is 428 g/mol. The van der Waals surface area contributed by atoms with Crippen LogP contribution in [0.3, 0.4) is 0 Å². The number of carbonyl (C=O) groups is 1. The zero-order valence-corrected chi connectivity index (χ0v) is 18.2. The number of amides is 1. The average Bonchev–Trinajstić information content (AvgIpc) is 3.13. The predicted molar refractivity (Wildman–Crippen MR) is 124 cm³/mol. The second-order valence-electron chi connectivity index (χ2n) is 8.23. The Hall–Kier alpha value is -3.71. The molecule has 0 spiro atoms. The molecule has 5 rings (SSSR count). The van der Waals surface area contributed by atoms with E-state index in [1.807, 2.05) is 37.3 Å². The van der Waals surface area contributed by atoms with Crippen LogP contribution in [-0.4, -0.2) is 34.4 Å². The Morgan fingerprint density at radius 1 is 1.16 bits per heavy atom. The molecule has 0 aliphatic carbocycles. The molecule has 7 heteroatoms. The van der Waals surface area contributed by atoms with Crippen LogP contribution >= 0.6 is 0 Å². The molecule has 0 radical (unpaired) electrons. The number of nitrogens with zero attached hydrogens (tertiary/aromatic N) is 3. The molecule has 0 atom stereocenters. The first-order chi connectivity index (χ1) is 15.5. The summed E-state index contributed by atoms with van der Waals surface area (Å²) in [6.07, 6.45) is 0.889. The highest BCUT2D eigenvalue weighted by atomic mass is 16.3. The molecular weight excluding hydrogens is 402 g/mol. The first kappa shape index (κ1) is 20.2. The summed E-state index contributed by atoms with van der Waals surface area (Å²) in [6.45, 7) is 4.26. The molecule has 7 nitrogen and oxygen atoms in total. The van der Waals surface area contributed by atoms with Crippen molar-refractivity contribution in [3.05, 3.63) is 76.7 Å². The van der Waals surface area contributed by atoms with E-state index >= 15 is 0 Å². The molecule has 0 saturated heterocycles. The second kappa shape index (κ2) is 8.09. The summed E-state index contributed by atoms with van der Waals surface area (Å²) in [7, 11) is 2.10. The molecule has 3 heterocycles. The fourth-order valence-corrected chi connectivity index (χ4v) is 4.31. The lowest BCUT2D eigenvalue weighted by Gasteiger charge is -2.26. The molecule has 32 heavy (non-hydrogen) atoms. The number of benzene rings is 2. The van der Waals surface area contributed by atoms with Gasteiger partial charge in [-0.25, -0.2) is 9.97 Å². The lowest BCUT2D eigenvalue weighted by atomic mass is 10.0. The standard InChI is InChI=1S/C25H25N5O2/c1-15-21(18-9-6-10-19(23(26)31)22(18)32-15)25-28-20-14-30(2)12-11-17(20)24(29-25)27-13-16-7-4-3-5-8-16/h3-10H,11-14H2,1-2H3,(H2,26,31)(H,27,28,29). The Kier molecular flexibility index (Phi) is 5.11. The van der Waals surface area contributed by atoms with Gasteiger partial charge in [-0.2, -0.15) is 0 Å². The van der Waals surface area contributed by atoms with Crippen LogP contribution in [-0.2, 0) is 19.5 Å². The van der Waals surface area contributed by atoms with Crippen LogP contribution < -0.4 is 11.1 Å². The van der Waals surface area contributed by atoms with Crippen molar-refractivity contribution in [2.45, 2.75) is 26.4 Å². The quantitative estimate of drug-likeness (QED) is 0.501. The highest BCUT2D eigenvalue weighted by Crippen LogP contribution is 2.36. The summed E-state index contributed by atoms with van der Waals surface area (Å²) >= 11 is 0. The first-order valence-corrected chi connectivity index (χ1v) is 10.7. The second-order valence-corrected chi connectivity index (χ2v) is 8.23. The van der Waals surface area contributed by atoms with E-state index in [1.54, 1.807) is 6.07 Å². The van der Waals surface area contributed by atoms with Gasteiger partial charge < -0.3 is 20.4 Å². The van der Waals surface area contributed by atoms with Gasteiger partial charge in [0.05, 0.1) is 16.8 Å². The minimum atomic E-state index is -0.519. The van der Waals surface area contributed by atoms with E-state index in [0.29, 0.717) is 29.3 Å². The molecule has 0 bridgehead atoms. The van der Waals surface area contributed by atoms with Crippen molar-refractivity contribution in [3.8, 4) is 11.4 Å². The number of carbonyl (C=O) groups excluding carboxylic acids is 1. The van der Waals surface area contributed by atoms with Gasteiger partial charge in [0, 0.05) is 30.6 Å². The normalized spacial score (nSPS) is 13.8. The van der Waals surface area contributed by atoms with Gasteiger partial charge in [0.2, 0.25) is 0 Å². The van der Waals surface area contributed by atoms with Crippen LogP contribution in [0.4, 0.5) is 5.82 Å². The van der Waals surface area contributed by atoms with Gasteiger partial charge in [0.25, 0.3) is 5.91 Å². The molecule has 3 N–H and O–H groups in total. The van der Waals surface area contributed by atoms with Crippen LogP contribution in [0.5, 0.6) is 0 Å². The number of hydrogen-bond donors (Lipinski definition) is 2. The molecule has 4 aromatic rings. The minimum Gasteiger partial charge on any atom is -0.460 e. The van der Waals surface area contributed by atoms with E-state index in [0.717, 1.165) is 47.5 Å². The number of nitrogens with one attached hydrogen (secondary N) is 1. The van der Waals surface area contributed by atoms with Gasteiger partial charge in [-0.3, -0.25) is 4.79 Å². The van der Waals surface area contributed by atoms with Crippen molar-refractivity contribution in [1.82, 2.24) is 14.9 Å².